The number of nitrogens with zero attached hydrogens (tertiary/aromatic N) is 3. The number of aromatic nitrogens is 1. The maximum Gasteiger partial charge on any atom is 0.259 e. The summed E-state index contributed by atoms with van der Waals surface area (Å²) in [6, 6.07) is 14.9. The number of carbonyl (C=O) groups is 1. The van der Waals surface area contributed by atoms with Gasteiger partial charge < -0.3 is 28.6 Å². The predicted molar refractivity (Wildman–Crippen MR) is 137 cm³/mol. The summed E-state index contributed by atoms with van der Waals surface area (Å²) in [4.78, 5) is 21.5. The average Bonchev–Trinajstić information content (AvgIpc) is 3.16. The fourth-order valence-corrected chi connectivity index (χ4v) is 4.34. The van der Waals surface area contributed by atoms with E-state index in [9.17, 15) is 4.79 Å². The third-order valence-corrected chi connectivity index (χ3v) is 6.32. The van der Waals surface area contributed by atoms with Crippen LogP contribution in [0.4, 0.5) is 0 Å². The van der Waals surface area contributed by atoms with Gasteiger partial charge in [0.1, 0.15) is 12.2 Å². The van der Waals surface area contributed by atoms with Gasteiger partial charge in [0.15, 0.2) is 23.0 Å². The average molecular weight is 506 g/mol. The lowest BCUT2D eigenvalue weighted by Crippen LogP contribution is -2.37. The Morgan fingerprint density at radius 2 is 1.73 bits per heavy atom. The quantitative estimate of drug-likeness (QED) is 0.528. The van der Waals surface area contributed by atoms with E-state index in [1.807, 2.05) is 36.4 Å². The number of carbonyl (C=O) groups excluding carboxylic acids is 1. The van der Waals surface area contributed by atoms with Crippen molar-refractivity contribution in [2.24, 2.45) is 0 Å². The van der Waals surface area contributed by atoms with Crippen LogP contribution in [0.25, 0.3) is 0 Å². The number of rotatable bonds is 3. The number of fused-ring (bicyclic) bond motifs is 3. The highest BCUT2D eigenvalue weighted by molar-refractivity contribution is 5.96. The third kappa shape index (κ3) is 5.72. The number of likely N-dealkylation sites (N-methyl/N-ethyl adjacent to an activating group) is 1. The molecule has 0 spiro atoms. The van der Waals surface area contributed by atoms with E-state index < -0.39 is 0 Å². The summed E-state index contributed by atoms with van der Waals surface area (Å²) in [5.74, 6) is 3.19. The van der Waals surface area contributed by atoms with Crippen molar-refractivity contribution in [1.29, 1.82) is 0 Å². The molecule has 37 heavy (non-hydrogen) atoms. The van der Waals surface area contributed by atoms with Crippen LogP contribution >= 0.6 is 0 Å². The second-order valence-corrected chi connectivity index (χ2v) is 8.93. The predicted octanol–water partition coefficient (Wildman–Crippen LogP) is 4.01. The topological polar surface area (TPSA) is 82.6 Å². The van der Waals surface area contributed by atoms with Crippen LogP contribution in [0.3, 0.4) is 0 Å². The number of benzene rings is 2. The maximum absolute atomic E-state index is 13.3. The summed E-state index contributed by atoms with van der Waals surface area (Å²) >= 11 is 0. The summed E-state index contributed by atoms with van der Waals surface area (Å²) in [6.07, 6.45) is 2.43. The van der Waals surface area contributed by atoms with Crippen molar-refractivity contribution in [1.82, 2.24) is 14.8 Å². The Morgan fingerprint density at radius 1 is 0.919 bits per heavy atom. The Morgan fingerprint density at radius 3 is 2.59 bits per heavy atom. The number of amides is 1. The van der Waals surface area contributed by atoms with Gasteiger partial charge >= 0.3 is 0 Å². The summed E-state index contributed by atoms with van der Waals surface area (Å²) in [6.45, 7) is 4.04. The minimum atomic E-state index is -0.155. The molecule has 1 amide bonds. The minimum Gasteiger partial charge on any atom is -0.493 e. The fourth-order valence-electron chi connectivity index (χ4n) is 4.34. The van der Waals surface area contributed by atoms with Crippen LogP contribution in [0, 0.1) is 0 Å². The Labute approximate surface area is 216 Å². The first-order chi connectivity index (χ1) is 18.1. The van der Waals surface area contributed by atoms with Gasteiger partial charge in [-0.2, -0.15) is 0 Å². The highest BCUT2D eigenvalue weighted by Crippen LogP contribution is 2.40. The lowest BCUT2D eigenvalue weighted by Gasteiger charge is -2.26. The van der Waals surface area contributed by atoms with Crippen LogP contribution in [-0.2, 0) is 6.54 Å². The van der Waals surface area contributed by atoms with E-state index in [1.54, 1.807) is 37.4 Å². The molecule has 3 aromatic rings. The zero-order valence-electron chi connectivity index (χ0n) is 21.1. The first-order valence-corrected chi connectivity index (χ1v) is 12.4. The van der Waals surface area contributed by atoms with Crippen molar-refractivity contribution in [3.8, 4) is 34.6 Å². The molecule has 0 aliphatic carbocycles. The van der Waals surface area contributed by atoms with Crippen molar-refractivity contribution in [2.45, 2.75) is 13.0 Å². The van der Waals surface area contributed by atoms with Crippen LogP contribution < -0.4 is 23.7 Å². The van der Waals surface area contributed by atoms with E-state index in [1.165, 1.54) is 0 Å². The van der Waals surface area contributed by atoms with Crippen molar-refractivity contribution < 1.29 is 28.5 Å². The molecule has 2 aliphatic heterocycles. The third-order valence-electron chi connectivity index (χ3n) is 6.32. The molecule has 9 heteroatoms. The molecule has 2 aliphatic rings. The van der Waals surface area contributed by atoms with Gasteiger partial charge in [-0.1, -0.05) is 12.1 Å². The minimum absolute atomic E-state index is 0.155. The van der Waals surface area contributed by atoms with Crippen LogP contribution in [0.5, 0.6) is 34.6 Å². The van der Waals surface area contributed by atoms with E-state index in [-0.39, 0.29) is 11.8 Å². The molecule has 5 rings (SSSR count). The van der Waals surface area contributed by atoms with Gasteiger partial charge in [0.25, 0.3) is 5.91 Å². The van der Waals surface area contributed by atoms with Crippen molar-refractivity contribution in [3.63, 3.8) is 0 Å². The maximum atomic E-state index is 13.3. The molecule has 3 heterocycles. The zero-order chi connectivity index (χ0) is 25.6. The highest BCUT2D eigenvalue weighted by atomic mass is 16.5. The molecule has 0 radical (unpaired) electrons. The van der Waals surface area contributed by atoms with Gasteiger partial charge in [0, 0.05) is 45.8 Å². The Hall–Kier alpha value is -3.98. The summed E-state index contributed by atoms with van der Waals surface area (Å²) in [5, 5.41) is 0. The Bertz CT molecular complexity index is 1250. The number of hydrogen-bond acceptors (Lipinski definition) is 8. The molecule has 194 valence electrons. The molecule has 0 bridgehead atoms. The first-order valence-electron chi connectivity index (χ1n) is 12.4. The largest absolute Gasteiger partial charge is 0.493 e. The SMILES string of the molecule is COc1cc(CN2CCOc3ccccc3Oc3ncccc3C(=O)N(C)CC2)cc2c1OCCCO2. The lowest BCUT2D eigenvalue weighted by atomic mass is 10.1. The summed E-state index contributed by atoms with van der Waals surface area (Å²) in [7, 11) is 3.42. The van der Waals surface area contributed by atoms with Crippen LogP contribution in [0.2, 0.25) is 0 Å². The molecular formula is C28H31N3O6. The normalized spacial score (nSPS) is 16.5. The Kier molecular flexibility index (Phi) is 7.60. The second kappa shape index (κ2) is 11.4. The first kappa shape index (κ1) is 24.7. The van der Waals surface area contributed by atoms with E-state index in [0.29, 0.717) is 80.3 Å². The fraction of sp³-hybridized carbons (Fsp3) is 0.357. The number of methoxy groups -OCH3 is 1. The van der Waals surface area contributed by atoms with Crippen molar-refractivity contribution >= 4 is 5.91 Å². The van der Waals surface area contributed by atoms with E-state index in [4.69, 9.17) is 23.7 Å². The van der Waals surface area contributed by atoms with Crippen LogP contribution in [0.1, 0.15) is 22.3 Å². The smallest absolute Gasteiger partial charge is 0.259 e. The van der Waals surface area contributed by atoms with Gasteiger partial charge in [0.2, 0.25) is 11.6 Å². The van der Waals surface area contributed by atoms with Gasteiger partial charge in [-0.05, 0) is 42.0 Å². The molecular weight excluding hydrogens is 474 g/mol. The number of pyridine rings is 1. The second-order valence-electron chi connectivity index (χ2n) is 8.93. The molecule has 0 fully saturated rings. The monoisotopic (exact) mass is 505 g/mol. The van der Waals surface area contributed by atoms with Crippen molar-refractivity contribution in [3.05, 3.63) is 65.9 Å². The molecule has 9 nitrogen and oxygen atoms in total. The van der Waals surface area contributed by atoms with Gasteiger partial charge in [-0.25, -0.2) is 4.98 Å². The molecule has 0 N–H and O–H groups in total. The lowest BCUT2D eigenvalue weighted by molar-refractivity contribution is 0.0770. The molecule has 0 saturated heterocycles. The zero-order valence-corrected chi connectivity index (χ0v) is 21.1. The number of para-hydroxylation sites is 2. The summed E-state index contributed by atoms with van der Waals surface area (Å²) in [5.41, 5.74) is 1.43. The molecule has 0 unspecified atom stereocenters. The number of ether oxygens (including phenoxy) is 5. The Balaban J connectivity index is 1.41. The van der Waals surface area contributed by atoms with E-state index in [0.717, 1.165) is 12.0 Å². The molecule has 0 atom stereocenters. The van der Waals surface area contributed by atoms with Gasteiger partial charge in [0.05, 0.1) is 20.3 Å². The van der Waals surface area contributed by atoms with Gasteiger partial charge in [-0.3, -0.25) is 9.69 Å². The molecule has 0 saturated carbocycles. The van der Waals surface area contributed by atoms with Crippen LogP contribution in [-0.4, -0.2) is 74.3 Å². The van der Waals surface area contributed by atoms with Crippen LogP contribution in [0.15, 0.2) is 54.7 Å². The molecule has 2 aromatic carbocycles. The summed E-state index contributed by atoms with van der Waals surface area (Å²) < 4.78 is 29.6. The van der Waals surface area contributed by atoms with E-state index in [2.05, 4.69) is 9.88 Å². The standard InChI is InChI=1S/C28H31N3O6/c1-30-11-12-31(19-20-17-24(33-2)26-25(18-20)34-14-6-15-36-26)13-16-35-22-8-3-4-9-23(22)37-27-21(28(30)32)7-5-10-29-27/h3-5,7-10,17-18H,6,11-16,19H2,1-2H3. The van der Waals surface area contributed by atoms with Gasteiger partial charge in [-0.15, -0.1) is 0 Å². The van der Waals surface area contributed by atoms with Crippen molar-refractivity contribution in [2.75, 3.05) is 53.6 Å². The molecule has 1 aromatic heterocycles. The highest BCUT2D eigenvalue weighted by Gasteiger charge is 2.22. The number of hydrogen-bond donors (Lipinski definition) is 0. The van der Waals surface area contributed by atoms with E-state index >= 15 is 0 Å².